The van der Waals surface area contributed by atoms with Gasteiger partial charge >= 0.3 is 0 Å². The molecule has 29 heavy (non-hydrogen) atoms. The Kier molecular flexibility index (Phi) is 5.17. The third kappa shape index (κ3) is 3.66. The monoisotopic (exact) mass is 430 g/mol. The van der Waals surface area contributed by atoms with E-state index in [4.69, 9.17) is 27.9 Å². The summed E-state index contributed by atoms with van der Waals surface area (Å²) in [6.45, 7) is 0. The molecule has 0 fully saturated rings. The number of anilines is 2. The summed E-state index contributed by atoms with van der Waals surface area (Å²) < 4.78 is 6.92. The number of fused-ring (bicyclic) bond motifs is 1. The predicted octanol–water partition coefficient (Wildman–Crippen LogP) is 4.39. The Balaban J connectivity index is 1.68. The summed E-state index contributed by atoms with van der Waals surface area (Å²) in [5, 5.41) is 10.6. The van der Waals surface area contributed by atoms with Gasteiger partial charge in [-0.1, -0.05) is 41.4 Å². The van der Waals surface area contributed by atoms with Crippen LogP contribution in [0.1, 0.15) is 12.5 Å². The van der Waals surface area contributed by atoms with Crippen molar-refractivity contribution in [3.8, 4) is 16.9 Å². The number of halogens is 2. The van der Waals surface area contributed by atoms with Gasteiger partial charge in [0, 0.05) is 16.8 Å². The van der Waals surface area contributed by atoms with E-state index in [9.17, 15) is 9.59 Å². The van der Waals surface area contributed by atoms with E-state index < -0.39 is 6.04 Å². The lowest BCUT2D eigenvalue weighted by molar-refractivity contribution is -0.125. The third-order valence-electron chi connectivity index (χ3n) is 4.61. The topological polar surface area (TPSA) is 85.2 Å². The van der Waals surface area contributed by atoms with Gasteiger partial charge in [0.2, 0.25) is 11.8 Å². The molecule has 2 N–H and O–H groups in total. The van der Waals surface area contributed by atoms with Crippen LogP contribution in [0.5, 0.6) is 5.75 Å². The number of rotatable bonds is 4. The predicted molar refractivity (Wildman–Crippen MR) is 112 cm³/mol. The number of carbonyl (C=O) groups is 2. The molecule has 0 saturated carbocycles. The van der Waals surface area contributed by atoms with Crippen LogP contribution in [0.25, 0.3) is 11.1 Å². The Bertz CT molecular complexity index is 1110. The molecule has 9 heteroatoms. The molecule has 0 bridgehead atoms. The fraction of sp³-hybridized carbons (Fsp3) is 0.150. The maximum absolute atomic E-state index is 12.9. The second-order valence-electron chi connectivity index (χ2n) is 6.44. The number of nitrogens with one attached hydrogen (secondary N) is 2. The highest BCUT2D eigenvalue weighted by Crippen LogP contribution is 2.38. The maximum Gasteiger partial charge on any atom is 0.249 e. The van der Waals surface area contributed by atoms with E-state index in [1.807, 2.05) is 24.3 Å². The molecule has 2 aromatic carbocycles. The molecule has 2 amide bonds. The summed E-state index contributed by atoms with van der Waals surface area (Å²) in [5.74, 6) is 0.428. The summed E-state index contributed by atoms with van der Waals surface area (Å²) in [7, 11) is 1.57. The van der Waals surface area contributed by atoms with Gasteiger partial charge < -0.3 is 15.4 Å². The molecule has 0 spiro atoms. The van der Waals surface area contributed by atoms with E-state index in [2.05, 4.69) is 15.7 Å². The van der Waals surface area contributed by atoms with E-state index >= 15 is 0 Å². The molecule has 148 valence electrons. The van der Waals surface area contributed by atoms with Crippen LogP contribution >= 0.6 is 23.2 Å². The number of amides is 2. The lowest BCUT2D eigenvalue weighted by Crippen LogP contribution is -2.35. The molecule has 1 aliphatic rings. The van der Waals surface area contributed by atoms with Crippen molar-refractivity contribution < 1.29 is 14.3 Å². The molecule has 0 saturated heterocycles. The number of nitrogens with zero attached hydrogens (tertiary/aromatic N) is 2. The molecular formula is C20H16Cl2N4O3. The number of methoxy groups -OCH3 is 1. The minimum Gasteiger partial charge on any atom is -0.496 e. The largest absolute Gasteiger partial charge is 0.496 e. The number of carbonyl (C=O) groups excluding carboxylic acids is 2. The highest BCUT2D eigenvalue weighted by Gasteiger charge is 2.33. The average molecular weight is 431 g/mol. The maximum atomic E-state index is 12.9. The van der Waals surface area contributed by atoms with Gasteiger partial charge in [0.15, 0.2) is 0 Å². The highest BCUT2D eigenvalue weighted by molar-refractivity contribution is 6.42. The summed E-state index contributed by atoms with van der Waals surface area (Å²) >= 11 is 11.9. The fourth-order valence-corrected chi connectivity index (χ4v) is 3.53. The second kappa shape index (κ2) is 7.77. The zero-order valence-electron chi connectivity index (χ0n) is 15.3. The molecule has 1 atom stereocenters. The molecule has 1 unspecified atom stereocenters. The number of hydrogen-bond donors (Lipinski definition) is 2. The number of aromatic nitrogens is 2. The van der Waals surface area contributed by atoms with Crippen molar-refractivity contribution >= 4 is 46.5 Å². The summed E-state index contributed by atoms with van der Waals surface area (Å²) in [4.78, 5) is 25.2. The van der Waals surface area contributed by atoms with Crippen molar-refractivity contribution in [3.05, 3.63) is 58.7 Å². The third-order valence-corrected chi connectivity index (χ3v) is 5.35. The van der Waals surface area contributed by atoms with Crippen LogP contribution in [0, 0.1) is 0 Å². The molecule has 1 aliphatic heterocycles. The van der Waals surface area contributed by atoms with Crippen LogP contribution in [0.4, 0.5) is 11.5 Å². The SMILES string of the molecule is COc1ccccc1-c1cnn2c1NC(=O)CC2C(=O)Nc1ccc(Cl)c(Cl)c1. The Morgan fingerprint density at radius 2 is 2.00 bits per heavy atom. The van der Waals surface area contributed by atoms with Crippen molar-refractivity contribution in [2.75, 3.05) is 17.7 Å². The van der Waals surface area contributed by atoms with Gasteiger partial charge in [-0.05, 0) is 24.3 Å². The lowest BCUT2D eigenvalue weighted by atomic mass is 10.1. The standard InChI is InChI=1S/C20H16Cl2N4O3/c1-29-17-5-3-2-4-12(17)13-10-23-26-16(9-18(27)25-19(13)26)20(28)24-11-6-7-14(21)15(22)8-11/h2-8,10,16H,9H2,1H3,(H,24,28)(H,25,27). The van der Waals surface area contributed by atoms with Gasteiger partial charge in [0.05, 0.1) is 29.8 Å². The fourth-order valence-electron chi connectivity index (χ4n) is 3.24. The van der Waals surface area contributed by atoms with Gasteiger partial charge in [-0.3, -0.25) is 9.59 Å². The average Bonchev–Trinajstić information content (AvgIpc) is 3.13. The Labute approximate surface area is 176 Å². The minimum absolute atomic E-state index is 0.0345. The van der Waals surface area contributed by atoms with E-state index in [0.717, 1.165) is 5.56 Å². The van der Waals surface area contributed by atoms with Gasteiger partial charge in [0.25, 0.3) is 0 Å². The van der Waals surface area contributed by atoms with Crippen LogP contribution in [0.2, 0.25) is 10.0 Å². The van der Waals surface area contributed by atoms with Crippen LogP contribution in [-0.2, 0) is 9.59 Å². The first-order chi connectivity index (χ1) is 14.0. The normalized spacial score (nSPS) is 15.4. The molecule has 1 aromatic heterocycles. The van der Waals surface area contributed by atoms with E-state index in [-0.39, 0.29) is 18.2 Å². The number of ether oxygens (including phenoxy) is 1. The molecule has 2 heterocycles. The second-order valence-corrected chi connectivity index (χ2v) is 7.25. The van der Waals surface area contributed by atoms with Crippen LogP contribution in [-0.4, -0.2) is 28.7 Å². The van der Waals surface area contributed by atoms with Gasteiger partial charge in [-0.15, -0.1) is 0 Å². The van der Waals surface area contributed by atoms with Crippen LogP contribution in [0.15, 0.2) is 48.7 Å². The van der Waals surface area contributed by atoms with E-state index in [0.29, 0.717) is 32.9 Å². The first-order valence-electron chi connectivity index (χ1n) is 8.74. The first kappa shape index (κ1) is 19.3. The van der Waals surface area contributed by atoms with Crippen LogP contribution < -0.4 is 15.4 Å². The first-order valence-corrected chi connectivity index (χ1v) is 9.50. The summed E-state index contributed by atoms with van der Waals surface area (Å²) in [6, 6.07) is 11.4. The van der Waals surface area contributed by atoms with Gasteiger partial charge in [-0.25, -0.2) is 4.68 Å². The molecular weight excluding hydrogens is 415 g/mol. The Hall–Kier alpha value is -3.03. The van der Waals surface area contributed by atoms with Crippen molar-refractivity contribution in [1.29, 1.82) is 0 Å². The summed E-state index contributed by atoms with van der Waals surface area (Å²) in [6.07, 6.45) is 1.57. The van der Waals surface area contributed by atoms with Gasteiger partial charge in [0.1, 0.15) is 17.6 Å². The highest BCUT2D eigenvalue weighted by atomic mass is 35.5. The van der Waals surface area contributed by atoms with E-state index in [1.54, 1.807) is 31.5 Å². The molecule has 7 nitrogen and oxygen atoms in total. The Morgan fingerprint density at radius 1 is 1.21 bits per heavy atom. The van der Waals surface area contributed by atoms with Crippen molar-refractivity contribution in [2.45, 2.75) is 12.5 Å². The number of hydrogen-bond acceptors (Lipinski definition) is 4. The van der Waals surface area contributed by atoms with Crippen molar-refractivity contribution in [2.24, 2.45) is 0 Å². The molecule has 0 aliphatic carbocycles. The zero-order chi connectivity index (χ0) is 20.5. The quantitative estimate of drug-likeness (QED) is 0.642. The minimum atomic E-state index is -0.809. The number of para-hydroxylation sites is 1. The molecule has 0 radical (unpaired) electrons. The number of benzene rings is 2. The van der Waals surface area contributed by atoms with Gasteiger partial charge in [-0.2, -0.15) is 5.10 Å². The summed E-state index contributed by atoms with van der Waals surface area (Å²) in [5.41, 5.74) is 1.92. The smallest absolute Gasteiger partial charge is 0.249 e. The Morgan fingerprint density at radius 3 is 2.76 bits per heavy atom. The molecule has 4 rings (SSSR count). The van der Waals surface area contributed by atoms with E-state index in [1.165, 1.54) is 4.68 Å². The van der Waals surface area contributed by atoms with Crippen molar-refractivity contribution in [3.63, 3.8) is 0 Å². The lowest BCUT2D eigenvalue weighted by Gasteiger charge is -2.24. The zero-order valence-corrected chi connectivity index (χ0v) is 16.8. The molecule has 3 aromatic rings. The van der Waals surface area contributed by atoms with Crippen molar-refractivity contribution in [1.82, 2.24) is 9.78 Å². The van der Waals surface area contributed by atoms with Crippen LogP contribution in [0.3, 0.4) is 0 Å².